The SMILES string of the molecule is CCCCc1[nH+]c(N)c(C#N)c(-c2ccc(Cl)cc2)c1CCC. The number of H-pyrrole nitrogens is 1. The fraction of sp³-hybridized carbons (Fsp3) is 0.368. The summed E-state index contributed by atoms with van der Waals surface area (Å²) in [5.41, 5.74) is 11.0. The molecule has 0 spiro atoms. The third kappa shape index (κ3) is 3.83. The standard InChI is InChI=1S/C19H22ClN3/c1-3-5-7-17-15(6-4-2)18(16(12-21)19(22)23-17)13-8-10-14(20)11-9-13/h8-11H,3-7H2,1-2H3,(H2,22,23)/p+1. The highest BCUT2D eigenvalue weighted by molar-refractivity contribution is 6.30. The summed E-state index contributed by atoms with van der Waals surface area (Å²) in [6.45, 7) is 4.32. The molecule has 0 unspecified atom stereocenters. The zero-order valence-electron chi connectivity index (χ0n) is 13.7. The number of anilines is 1. The second-order valence-electron chi connectivity index (χ2n) is 5.72. The lowest BCUT2D eigenvalue weighted by Gasteiger charge is -2.15. The molecule has 3 N–H and O–H groups in total. The zero-order chi connectivity index (χ0) is 16.8. The Morgan fingerprint density at radius 1 is 1.13 bits per heavy atom. The maximum Gasteiger partial charge on any atom is 0.289 e. The molecule has 0 bridgehead atoms. The van der Waals surface area contributed by atoms with Gasteiger partial charge in [0, 0.05) is 22.6 Å². The van der Waals surface area contributed by atoms with Gasteiger partial charge < -0.3 is 0 Å². The van der Waals surface area contributed by atoms with Crippen molar-refractivity contribution < 1.29 is 4.98 Å². The average molecular weight is 329 g/mol. The summed E-state index contributed by atoms with van der Waals surface area (Å²) in [6.07, 6.45) is 5.10. The van der Waals surface area contributed by atoms with E-state index in [0.717, 1.165) is 48.9 Å². The third-order valence-corrected chi connectivity index (χ3v) is 4.25. The van der Waals surface area contributed by atoms with Gasteiger partial charge in [0.05, 0.1) is 0 Å². The molecular formula is C19H23ClN3+. The molecule has 0 radical (unpaired) electrons. The molecule has 1 aromatic carbocycles. The maximum absolute atomic E-state index is 9.60. The number of halogens is 1. The predicted molar refractivity (Wildman–Crippen MR) is 95.2 cm³/mol. The zero-order valence-corrected chi connectivity index (χ0v) is 14.5. The van der Waals surface area contributed by atoms with E-state index >= 15 is 0 Å². The van der Waals surface area contributed by atoms with Crippen LogP contribution in [0.5, 0.6) is 0 Å². The van der Waals surface area contributed by atoms with E-state index in [2.05, 4.69) is 24.9 Å². The van der Waals surface area contributed by atoms with E-state index in [-0.39, 0.29) is 0 Å². The first kappa shape index (κ1) is 17.3. The number of nitrogens with one attached hydrogen (secondary N) is 1. The van der Waals surface area contributed by atoms with Gasteiger partial charge in [-0.05, 0) is 30.5 Å². The van der Waals surface area contributed by atoms with Gasteiger partial charge in [-0.15, -0.1) is 0 Å². The van der Waals surface area contributed by atoms with Crippen LogP contribution in [0, 0.1) is 11.3 Å². The van der Waals surface area contributed by atoms with Crippen molar-refractivity contribution >= 4 is 17.4 Å². The van der Waals surface area contributed by atoms with Crippen molar-refractivity contribution in [2.24, 2.45) is 0 Å². The van der Waals surface area contributed by atoms with Crippen LogP contribution in [-0.4, -0.2) is 0 Å². The fourth-order valence-corrected chi connectivity index (χ4v) is 3.01. The number of benzene rings is 1. The first-order chi connectivity index (χ1) is 11.1. The molecule has 3 nitrogen and oxygen atoms in total. The summed E-state index contributed by atoms with van der Waals surface area (Å²) in [7, 11) is 0. The van der Waals surface area contributed by atoms with Gasteiger partial charge in [-0.1, -0.05) is 50.4 Å². The number of aromatic nitrogens is 1. The van der Waals surface area contributed by atoms with E-state index in [0.29, 0.717) is 16.4 Å². The van der Waals surface area contributed by atoms with Gasteiger partial charge in [0.15, 0.2) is 0 Å². The Morgan fingerprint density at radius 2 is 1.83 bits per heavy atom. The van der Waals surface area contributed by atoms with Crippen LogP contribution in [0.1, 0.15) is 49.9 Å². The number of nitrogen functional groups attached to an aromatic ring is 1. The lowest BCUT2D eigenvalue weighted by Crippen LogP contribution is -2.22. The summed E-state index contributed by atoms with van der Waals surface area (Å²) in [5, 5.41) is 10.3. The highest BCUT2D eigenvalue weighted by atomic mass is 35.5. The molecular weight excluding hydrogens is 306 g/mol. The van der Waals surface area contributed by atoms with E-state index in [1.807, 2.05) is 24.3 Å². The minimum absolute atomic E-state index is 0.448. The molecule has 0 aliphatic heterocycles. The highest BCUT2D eigenvalue weighted by Crippen LogP contribution is 2.32. The van der Waals surface area contributed by atoms with Crippen molar-refractivity contribution in [2.75, 3.05) is 5.73 Å². The number of nitriles is 1. The van der Waals surface area contributed by atoms with Crippen molar-refractivity contribution in [1.29, 1.82) is 5.26 Å². The second kappa shape index (κ2) is 7.99. The highest BCUT2D eigenvalue weighted by Gasteiger charge is 2.22. The number of pyridine rings is 1. The van der Waals surface area contributed by atoms with Gasteiger partial charge in [-0.25, -0.2) is 4.98 Å². The molecule has 1 heterocycles. The van der Waals surface area contributed by atoms with Crippen molar-refractivity contribution in [2.45, 2.75) is 46.0 Å². The fourth-order valence-electron chi connectivity index (χ4n) is 2.88. The van der Waals surface area contributed by atoms with Crippen molar-refractivity contribution in [3.05, 3.63) is 46.1 Å². The third-order valence-electron chi connectivity index (χ3n) is 4.00. The van der Waals surface area contributed by atoms with Gasteiger partial charge in [0.25, 0.3) is 5.82 Å². The number of nitrogens with two attached hydrogens (primary N) is 1. The molecule has 23 heavy (non-hydrogen) atoms. The Kier molecular flexibility index (Phi) is 6.01. The smallest absolute Gasteiger partial charge is 0.286 e. The summed E-state index contributed by atoms with van der Waals surface area (Å²) >= 11 is 6.01. The van der Waals surface area contributed by atoms with Gasteiger partial charge in [0.2, 0.25) is 0 Å². The Hall–Kier alpha value is -2.05. The van der Waals surface area contributed by atoms with Gasteiger partial charge in [0.1, 0.15) is 17.3 Å². The van der Waals surface area contributed by atoms with E-state index in [9.17, 15) is 5.26 Å². The molecule has 0 amide bonds. The molecule has 120 valence electrons. The summed E-state index contributed by atoms with van der Waals surface area (Å²) in [5.74, 6) is 0.448. The number of hydrogen-bond donors (Lipinski definition) is 1. The van der Waals surface area contributed by atoms with Crippen LogP contribution in [0.25, 0.3) is 11.1 Å². The van der Waals surface area contributed by atoms with Crippen LogP contribution >= 0.6 is 11.6 Å². The molecule has 0 fully saturated rings. The van der Waals surface area contributed by atoms with Crippen LogP contribution in [0.2, 0.25) is 5.02 Å². The number of rotatable bonds is 6. The van der Waals surface area contributed by atoms with Crippen LogP contribution in [0.15, 0.2) is 24.3 Å². The topological polar surface area (TPSA) is 63.9 Å². The molecule has 0 aliphatic carbocycles. The molecule has 0 saturated heterocycles. The normalized spacial score (nSPS) is 10.5. The first-order valence-corrected chi connectivity index (χ1v) is 8.52. The molecule has 2 aromatic rings. The second-order valence-corrected chi connectivity index (χ2v) is 6.15. The minimum atomic E-state index is 0.448. The largest absolute Gasteiger partial charge is 0.289 e. The van der Waals surface area contributed by atoms with Crippen LogP contribution < -0.4 is 10.7 Å². The lowest BCUT2D eigenvalue weighted by molar-refractivity contribution is -0.374. The average Bonchev–Trinajstić information content (AvgIpc) is 2.55. The van der Waals surface area contributed by atoms with Gasteiger partial charge in [-0.2, -0.15) is 5.26 Å². The van der Waals surface area contributed by atoms with Gasteiger partial charge >= 0.3 is 0 Å². The number of aryl methyl sites for hydroxylation is 1. The predicted octanol–water partition coefficient (Wildman–Crippen LogP) is 4.57. The number of unbranched alkanes of at least 4 members (excludes halogenated alkanes) is 1. The molecule has 4 heteroatoms. The Labute approximate surface area is 143 Å². The van der Waals surface area contributed by atoms with Crippen LogP contribution in [-0.2, 0) is 12.8 Å². The Bertz CT molecular complexity index is 715. The summed E-state index contributed by atoms with van der Waals surface area (Å²) in [4.78, 5) is 3.27. The number of nitrogens with zero attached hydrogens (tertiary/aromatic N) is 1. The molecule has 1 aromatic heterocycles. The molecule has 0 atom stereocenters. The van der Waals surface area contributed by atoms with E-state index < -0.39 is 0 Å². The van der Waals surface area contributed by atoms with Crippen molar-refractivity contribution in [3.8, 4) is 17.2 Å². The van der Waals surface area contributed by atoms with Crippen LogP contribution in [0.4, 0.5) is 5.82 Å². The monoisotopic (exact) mass is 328 g/mol. The minimum Gasteiger partial charge on any atom is -0.286 e. The van der Waals surface area contributed by atoms with Crippen molar-refractivity contribution in [3.63, 3.8) is 0 Å². The van der Waals surface area contributed by atoms with E-state index in [4.69, 9.17) is 17.3 Å². The quantitative estimate of drug-likeness (QED) is 0.844. The van der Waals surface area contributed by atoms with E-state index in [1.165, 1.54) is 5.56 Å². The van der Waals surface area contributed by atoms with E-state index in [1.54, 1.807) is 0 Å². The maximum atomic E-state index is 9.60. The summed E-state index contributed by atoms with van der Waals surface area (Å²) < 4.78 is 0. The Morgan fingerprint density at radius 3 is 2.39 bits per heavy atom. The summed E-state index contributed by atoms with van der Waals surface area (Å²) in [6, 6.07) is 9.90. The number of aromatic amines is 1. The lowest BCUT2D eigenvalue weighted by atomic mass is 9.90. The van der Waals surface area contributed by atoms with Crippen molar-refractivity contribution in [1.82, 2.24) is 0 Å². The molecule has 0 saturated carbocycles. The van der Waals surface area contributed by atoms with Gasteiger partial charge in [-0.3, -0.25) is 5.73 Å². The molecule has 2 rings (SSSR count). The van der Waals surface area contributed by atoms with Crippen LogP contribution in [0.3, 0.4) is 0 Å². The first-order valence-electron chi connectivity index (χ1n) is 8.14. The molecule has 0 aliphatic rings. The Balaban J connectivity index is 2.71. The number of hydrogen-bond acceptors (Lipinski definition) is 2.